The summed E-state index contributed by atoms with van der Waals surface area (Å²) in [6, 6.07) is 9.71. The van der Waals surface area contributed by atoms with E-state index in [4.69, 9.17) is 4.74 Å². The van der Waals surface area contributed by atoms with Crippen molar-refractivity contribution in [3.05, 3.63) is 57.3 Å². The van der Waals surface area contributed by atoms with Crippen molar-refractivity contribution in [2.24, 2.45) is 0 Å². The normalized spacial score (nSPS) is 10.5. The number of rotatable bonds is 7. The van der Waals surface area contributed by atoms with Crippen LogP contribution in [0.4, 0.5) is 0 Å². The highest BCUT2D eigenvalue weighted by molar-refractivity contribution is 9.10. The Morgan fingerprint density at radius 2 is 1.88 bits per heavy atom. The Balaban J connectivity index is 2.17. The molecule has 0 saturated carbocycles. The number of esters is 1. The number of carbonyl (C=O) groups is 2. The van der Waals surface area contributed by atoms with Gasteiger partial charge in [0.15, 0.2) is 11.5 Å². The number of pyridine rings is 1. The fourth-order valence-corrected chi connectivity index (χ4v) is 2.78. The molecular formula is C19H20BrNO4. The molecule has 0 atom stereocenters. The highest BCUT2D eigenvalue weighted by atomic mass is 79.9. The number of aromatic hydroxyl groups is 1. The summed E-state index contributed by atoms with van der Waals surface area (Å²) in [6.07, 6.45) is 0.449. The molecule has 0 spiro atoms. The molecule has 0 aliphatic heterocycles. The first-order chi connectivity index (χ1) is 11.9. The minimum atomic E-state index is -0.440. The zero-order valence-electron chi connectivity index (χ0n) is 14.2. The molecule has 0 fully saturated rings. The second kappa shape index (κ2) is 8.76. The van der Waals surface area contributed by atoms with Crippen LogP contribution < -0.4 is 0 Å². The van der Waals surface area contributed by atoms with Crippen LogP contribution >= 0.6 is 15.9 Å². The number of ether oxygens (including phenoxy) is 1. The summed E-state index contributed by atoms with van der Waals surface area (Å²) >= 11 is 3.26. The molecule has 0 amide bonds. The first-order valence-electron chi connectivity index (χ1n) is 8.03. The van der Waals surface area contributed by atoms with Crippen LogP contribution in [0.2, 0.25) is 0 Å². The molecule has 2 rings (SSSR count). The molecule has 0 aliphatic rings. The van der Waals surface area contributed by atoms with Gasteiger partial charge in [-0.1, -0.05) is 29.8 Å². The van der Waals surface area contributed by atoms with E-state index in [-0.39, 0.29) is 30.9 Å². The van der Waals surface area contributed by atoms with Gasteiger partial charge in [0, 0.05) is 18.5 Å². The van der Waals surface area contributed by atoms with Gasteiger partial charge in [-0.25, -0.2) is 4.98 Å². The first kappa shape index (κ1) is 19.1. The van der Waals surface area contributed by atoms with Crippen molar-refractivity contribution < 1.29 is 19.4 Å². The fraction of sp³-hybridized carbons (Fsp3) is 0.316. The molecule has 6 heteroatoms. The number of aromatic nitrogens is 1. The summed E-state index contributed by atoms with van der Waals surface area (Å²) in [4.78, 5) is 28.0. The van der Waals surface area contributed by atoms with Crippen LogP contribution in [0.1, 0.15) is 47.1 Å². The van der Waals surface area contributed by atoms with Crippen molar-refractivity contribution in [1.29, 1.82) is 0 Å². The van der Waals surface area contributed by atoms with Gasteiger partial charge >= 0.3 is 5.97 Å². The Hall–Kier alpha value is -2.21. The lowest BCUT2D eigenvalue weighted by Crippen LogP contribution is -2.10. The largest absolute Gasteiger partial charge is 0.504 e. The summed E-state index contributed by atoms with van der Waals surface area (Å²) in [6.45, 7) is 3.99. The summed E-state index contributed by atoms with van der Waals surface area (Å²) in [7, 11) is 0. The van der Waals surface area contributed by atoms with Gasteiger partial charge in [0.05, 0.1) is 17.5 Å². The van der Waals surface area contributed by atoms with Gasteiger partial charge in [-0.05, 0) is 41.4 Å². The first-order valence-corrected chi connectivity index (χ1v) is 8.82. The molecule has 1 aromatic heterocycles. The molecule has 1 heterocycles. The minimum Gasteiger partial charge on any atom is -0.504 e. The smallest absolute Gasteiger partial charge is 0.306 e. The molecule has 132 valence electrons. The van der Waals surface area contributed by atoms with E-state index < -0.39 is 11.8 Å². The van der Waals surface area contributed by atoms with E-state index in [9.17, 15) is 14.7 Å². The predicted octanol–water partition coefficient (Wildman–Crippen LogP) is 3.97. The SMILES string of the molecule is CCOC(=O)CCC(=O)c1nc(Cc2ccc(C)cc2)cc(Br)c1O. The quantitative estimate of drug-likeness (QED) is 0.556. The van der Waals surface area contributed by atoms with Crippen LogP contribution in [0.15, 0.2) is 34.8 Å². The monoisotopic (exact) mass is 405 g/mol. The van der Waals surface area contributed by atoms with E-state index in [2.05, 4.69) is 20.9 Å². The zero-order chi connectivity index (χ0) is 18.4. The molecule has 5 nitrogen and oxygen atoms in total. The number of aryl methyl sites for hydroxylation is 1. The van der Waals surface area contributed by atoms with E-state index in [1.54, 1.807) is 13.0 Å². The topological polar surface area (TPSA) is 76.5 Å². The van der Waals surface area contributed by atoms with Crippen molar-refractivity contribution in [3.8, 4) is 5.75 Å². The standard InChI is InChI=1S/C19H20BrNO4/c1-3-25-17(23)9-8-16(22)18-19(24)15(20)11-14(21-18)10-13-6-4-12(2)5-7-13/h4-7,11,24H,3,8-10H2,1-2H3. The van der Waals surface area contributed by atoms with E-state index in [1.807, 2.05) is 31.2 Å². The Morgan fingerprint density at radius 1 is 1.20 bits per heavy atom. The van der Waals surface area contributed by atoms with Gasteiger partial charge in [0.1, 0.15) is 5.69 Å². The Labute approximate surface area is 155 Å². The highest BCUT2D eigenvalue weighted by Gasteiger charge is 2.19. The second-order valence-corrected chi connectivity index (χ2v) is 6.54. The lowest BCUT2D eigenvalue weighted by atomic mass is 10.1. The van der Waals surface area contributed by atoms with Crippen molar-refractivity contribution in [1.82, 2.24) is 4.98 Å². The van der Waals surface area contributed by atoms with Crippen LogP contribution in [0.3, 0.4) is 0 Å². The predicted molar refractivity (Wildman–Crippen MR) is 97.8 cm³/mol. The van der Waals surface area contributed by atoms with Crippen molar-refractivity contribution in [2.45, 2.75) is 33.1 Å². The molecule has 0 saturated heterocycles. The van der Waals surface area contributed by atoms with E-state index in [0.29, 0.717) is 16.6 Å². The Morgan fingerprint density at radius 3 is 2.52 bits per heavy atom. The average Bonchev–Trinajstić information content (AvgIpc) is 2.58. The minimum absolute atomic E-state index is 0.0271. The third-order valence-corrected chi connectivity index (χ3v) is 4.24. The average molecular weight is 406 g/mol. The van der Waals surface area contributed by atoms with Gasteiger partial charge in [0.2, 0.25) is 0 Å². The van der Waals surface area contributed by atoms with Crippen LogP contribution in [-0.2, 0) is 16.0 Å². The van der Waals surface area contributed by atoms with Gasteiger partial charge < -0.3 is 9.84 Å². The van der Waals surface area contributed by atoms with E-state index in [1.165, 1.54) is 5.56 Å². The molecule has 0 unspecified atom stereocenters. The third kappa shape index (κ3) is 5.39. The number of benzene rings is 1. The summed E-state index contributed by atoms with van der Waals surface area (Å²) < 4.78 is 5.22. The summed E-state index contributed by atoms with van der Waals surface area (Å²) in [5, 5.41) is 10.1. The van der Waals surface area contributed by atoms with Gasteiger partial charge in [-0.15, -0.1) is 0 Å². The second-order valence-electron chi connectivity index (χ2n) is 5.68. The van der Waals surface area contributed by atoms with Crippen molar-refractivity contribution in [3.63, 3.8) is 0 Å². The van der Waals surface area contributed by atoms with Crippen molar-refractivity contribution in [2.75, 3.05) is 6.61 Å². The lowest BCUT2D eigenvalue weighted by molar-refractivity contribution is -0.143. The maximum absolute atomic E-state index is 12.3. The van der Waals surface area contributed by atoms with Crippen molar-refractivity contribution >= 4 is 27.7 Å². The Kier molecular flexibility index (Phi) is 6.70. The molecule has 1 aromatic carbocycles. The van der Waals surface area contributed by atoms with Crippen LogP contribution in [0.5, 0.6) is 5.75 Å². The number of hydrogen-bond donors (Lipinski definition) is 1. The number of hydrogen-bond acceptors (Lipinski definition) is 5. The van der Waals surface area contributed by atoms with Gasteiger partial charge in [-0.2, -0.15) is 0 Å². The van der Waals surface area contributed by atoms with Gasteiger partial charge in [-0.3, -0.25) is 9.59 Å². The van der Waals surface area contributed by atoms with E-state index >= 15 is 0 Å². The molecule has 0 aliphatic carbocycles. The number of ketones is 1. The molecule has 0 bridgehead atoms. The molecule has 2 aromatic rings. The fourth-order valence-electron chi connectivity index (χ4n) is 2.32. The number of halogens is 1. The maximum Gasteiger partial charge on any atom is 0.306 e. The molecule has 0 radical (unpaired) electrons. The molecular weight excluding hydrogens is 386 g/mol. The lowest BCUT2D eigenvalue weighted by Gasteiger charge is -2.09. The number of Topliss-reactive ketones (excluding diaryl/α,β-unsaturated/α-hetero) is 1. The number of carbonyl (C=O) groups excluding carboxylic acids is 2. The van der Waals surface area contributed by atoms with Crippen LogP contribution in [-0.4, -0.2) is 28.4 Å². The van der Waals surface area contributed by atoms with Crippen LogP contribution in [0.25, 0.3) is 0 Å². The zero-order valence-corrected chi connectivity index (χ0v) is 15.8. The molecule has 1 N–H and O–H groups in total. The number of nitrogens with zero attached hydrogens (tertiary/aromatic N) is 1. The maximum atomic E-state index is 12.3. The Bertz CT molecular complexity index is 772. The highest BCUT2D eigenvalue weighted by Crippen LogP contribution is 2.29. The summed E-state index contributed by atoms with van der Waals surface area (Å²) in [5.41, 5.74) is 2.85. The van der Waals surface area contributed by atoms with Crippen LogP contribution in [0, 0.1) is 6.92 Å². The third-order valence-electron chi connectivity index (χ3n) is 3.63. The van der Waals surface area contributed by atoms with Gasteiger partial charge in [0.25, 0.3) is 0 Å². The molecule has 25 heavy (non-hydrogen) atoms. The van der Waals surface area contributed by atoms with E-state index in [0.717, 1.165) is 5.56 Å². The summed E-state index contributed by atoms with van der Waals surface area (Å²) in [5.74, 6) is -1.04.